The van der Waals surface area contributed by atoms with Gasteiger partial charge in [-0.15, -0.1) is 0 Å². The summed E-state index contributed by atoms with van der Waals surface area (Å²) in [5, 5.41) is 0. The van der Waals surface area contributed by atoms with Crippen molar-refractivity contribution in [3.05, 3.63) is 32.5 Å². The summed E-state index contributed by atoms with van der Waals surface area (Å²) < 4.78 is 4.48. The minimum atomic E-state index is -0.372. The largest absolute Gasteiger partial charge is 0.341 e. The van der Waals surface area contributed by atoms with Gasteiger partial charge in [0.1, 0.15) is 0 Å². The van der Waals surface area contributed by atoms with E-state index >= 15 is 0 Å². The third-order valence-corrected chi connectivity index (χ3v) is 5.60. The Labute approximate surface area is 158 Å². The molecule has 0 aliphatic heterocycles. The Morgan fingerprint density at radius 2 is 1.89 bits per heavy atom. The van der Waals surface area contributed by atoms with Crippen molar-refractivity contribution in [2.75, 3.05) is 11.9 Å². The maximum absolute atomic E-state index is 12.9. The maximum atomic E-state index is 12.9. The van der Waals surface area contributed by atoms with Gasteiger partial charge in [-0.05, 0) is 26.7 Å². The summed E-state index contributed by atoms with van der Waals surface area (Å²) in [4.78, 5) is 32.0. The van der Waals surface area contributed by atoms with E-state index in [2.05, 4.69) is 11.0 Å². The van der Waals surface area contributed by atoms with E-state index in [0.29, 0.717) is 23.7 Å². The van der Waals surface area contributed by atoms with Crippen molar-refractivity contribution in [1.29, 1.82) is 0 Å². The Kier molecular flexibility index (Phi) is 5.28. The fraction of sp³-hybridized carbons (Fsp3) is 0.632. The van der Waals surface area contributed by atoms with Gasteiger partial charge in [0.2, 0.25) is 5.95 Å². The number of fused-ring (bicyclic) bond motifs is 1. The normalized spacial score (nSPS) is 20.1. The SMILES string of the molecule is CC(C)=CCn1c(N(C)C2CCCCC2N)nc2c1c(=O)n(C)c(=O)n2C. The number of imidazole rings is 1. The van der Waals surface area contributed by atoms with Gasteiger partial charge in [-0.25, -0.2) is 4.79 Å². The number of aromatic nitrogens is 4. The van der Waals surface area contributed by atoms with Crippen LogP contribution in [0.1, 0.15) is 39.5 Å². The van der Waals surface area contributed by atoms with Crippen molar-refractivity contribution in [2.24, 2.45) is 19.8 Å². The number of nitrogens with two attached hydrogens (primary N) is 1. The van der Waals surface area contributed by atoms with Crippen LogP contribution in [0.2, 0.25) is 0 Å². The van der Waals surface area contributed by atoms with Crippen LogP contribution in [0.25, 0.3) is 11.2 Å². The third-order valence-electron chi connectivity index (χ3n) is 5.60. The zero-order valence-electron chi connectivity index (χ0n) is 16.9. The summed E-state index contributed by atoms with van der Waals surface area (Å²) >= 11 is 0. The van der Waals surface area contributed by atoms with Gasteiger partial charge in [-0.2, -0.15) is 4.98 Å². The van der Waals surface area contributed by atoms with E-state index in [4.69, 9.17) is 10.7 Å². The molecule has 2 aromatic rings. The molecule has 1 saturated carbocycles. The maximum Gasteiger partial charge on any atom is 0.332 e. The highest BCUT2D eigenvalue weighted by Gasteiger charge is 2.29. The molecule has 0 aromatic carbocycles. The number of nitrogens with zero attached hydrogens (tertiary/aromatic N) is 5. The molecule has 2 N–H and O–H groups in total. The second-order valence-corrected chi connectivity index (χ2v) is 7.81. The number of aryl methyl sites for hydroxylation is 1. The van der Waals surface area contributed by atoms with Gasteiger partial charge in [-0.1, -0.05) is 24.5 Å². The lowest BCUT2D eigenvalue weighted by Crippen LogP contribution is -2.49. The van der Waals surface area contributed by atoms with Gasteiger partial charge in [0.05, 0.1) is 0 Å². The molecule has 0 radical (unpaired) electrons. The Hall–Kier alpha value is -2.35. The van der Waals surface area contributed by atoms with E-state index < -0.39 is 0 Å². The molecule has 1 aliphatic rings. The fourth-order valence-corrected chi connectivity index (χ4v) is 3.92. The van der Waals surface area contributed by atoms with Crippen molar-refractivity contribution in [1.82, 2.24) is 18.7 Å². The van der Waals surface area contributed by atoms with Crippen molar-refractivity contribution >= 4 is 17.1 Å². The fourth-order valence-electron chi connectivity index (χ4n) is 3.92. The average Bonchev–Trinajstić information content (AvgIpc) is 3.02. The number of likely N-dealkylation sites (N-methyl/N-ethyl adjacent to an activating group) is 1. The molecule has 8 heteroatoms. The molecule has 1 fully saturated rings. The number of hydrogen-bond donors (Lipinski definition) is 1. The Morgan fingerprint density at radius 1 is 1.22 bits per heavy atom. The first-order valence-corrected chi connectivity index (χ1v) is 9.52. The molecule has 1 aliphatic carbocycles. The minimum Gasteiger partial charge on any atom is -0.341 e. The van der Waals surface area contributed by atoms with Crippen LogP contribution < -0.4 is 21.9 Å². The van der Waals surface area contributed by atoms with Crippen molar-refractivity contribution in [3.63, 3.8) is 0 Å². The summed E-state index contributed by atoms with van der Waals surface area (Å²) in [6.45, 7) is 4.56. The van der Waals surface area contributed by atoms with Gasteiger partial charge >= 0.3 is 5.69 Å². The van der Waals surface area contributed by atoms with Crippen LogP contribution in [0.3, 0.4) is 0 Å². The molecule has 0 spiro atoms. The molecule has 0 amide bonds. The van der Waals surface area contributed by atoms with Gasteiger partial charge < -0.3 is 15.2 Å². The van der Waals surface area contributed by atoms with Crippen molar-refractivity contribution in [2.45, 2.75) is 58.2 Å². The summed E-state index contributed by atoms with van der Waals surface area (Å²) in [5.74, 6) is 0.683. The smallest absolute Gasteiger partial charge is 0.332 e. The van der Waals surface area contributed by atoms with Crippen LogP contribution in [0.15, 0.2) is 21.2 Å². The molecule has 148 valence electrons. The lowest BCUT2D eigenvalue weighted by molar-refractivity contribution is 0.369. The zero-order chi connectivity index (χ0) is 19.9. The second-order valence-electron chi connectivity index (χ2n) is 7.81. The van der Waals surface area contributed by atoms with E-state index in [-0.39, 0.29) is 23.3 Å². The lowest BCUT2D eigenvalue weighted by Gasteiger charge is -2.36. The number of allylic oxidation sites excluding steroid dienone is 2. The van der Waals surface area contributed by atoms with E-state index in [9.17, 15) is 9.59 Å². The Morgan fingerprint density at radius 3 is 2.52 bits per heavy atom. The molecule has 2 aromatic heterocycles. The van der Waals surface area contributed by atoms with E-state index in [1.165, 1.54) is 11.6 Å². The quantitative estimate of drug-likeness (QED) is 0.810. The molecule has 2 heterocycles. The molecule has 27 heavy (non-hydrogen) atoms. The summed E-state index contributed by atoms with van der Waals surface area (Å²) in [6.07, 6.45) is 6.33. The number of hydrogen-bond acceptors (Lipinski definition) is 5. The van der Waals surface area contributed by atoms with Gasteiger partial charge in [0.25, 0.3) is 5.56 Å². The molecule has 0 saturated heterocycles. The van der Waals surface area contributed by atoms with Gasteiger partial charge in [0, 0.05) is 39.8 Å². The predicted octanol–water partition coefficient (Wildman–Crippen LogP) is 1.11. The van der Waals surface area contributed by atoms with Crippen LogP contribution in [0, 0.1) is 0 Å². The molecule has 0 bridgehead atoms. The van der Waals surface area contributed by atoms with Crippen molar-refractivity contribution in [3.8, 4) is 0 Å². The molecule has 2 unspecified atom stereocenters. The first-order valence-electron chi connectivity index (χ1n) is 9.52. The molecule has 8 nitrogen and oxygen atoms in total. The first kappa shape index (κ1) is 19.4. The van der Waals surface area contributed by atoms with E-state index in [1.807, 2.05) is 25.5 Å². The van der Waals surface area contributed by atoms with Crippen LogP contribution in [0.4, 0.5) is 5.95 Å². The summed E-state index contributed by atoms with van der Waals surface area (Å²) in [7, 11) is 5.14. The predicted molar refractivity (Wildman–Crippen MR) is 108 cm³/mol. The highest BCUT2D eigenvalue weighted by Crippen LogP contribution is 2.27. The summed E-state index contributed by atoms with van der Waals surface area (Å²) in [6, 6.07) is 0.244. The van der Waals surface area contributed by atoms with Crippen molar-refractivity contribution < 1.29 is 0 Å². The standard InChI is InChI=1S/C19H30N6O2/c1-12(2)10-11-25-15-16(23(4)19(27)24(5)17(15)26)21-18(25)22(3)14-9-7-6-8-13(14)20/h10,13-14H,6-9,11,20H2,1-5H3. The molecule has 2 atom stereocenters. The monoisotopic (exact) mass is 374 g/mol. The number of rotatable bonds is 4. The summed E-state index contributed by atoms with van der Waals surface area (Å²) in [5.41, 5.74) is 7.70. The minimum absolute atomic E-state index is 0.0760. The first-order chi connectivity index (χ1) is 12.7. The van der Waals surface area contributed by atoms with Crippen LogP contribution in [-0.4, -0.2) is 37.8 Å². The topological polar surface area (TPSA) is 91.1 Å². The average molecular weight is 374 g/mol. The third kappa shape index (κ3) is 3.34. The Balaban J connectivity index is 2.25. The van der Waals surface area contributed by atoms with E-state index in [0.717, 1.165) is 35.8 Å². The zero-order valence-corrected chi connectivity index (χ0v) is 16.9. The molecule has 3 rings (SSSR count). The van der Waals surface area contributed by atoms with Gasteiger partial charge in [-0.3, -0.25) is 13.9 Å². The molecular weight excluding hydrogens is 344 g/mol. The highest BCUT2D eigenvalue weighted by molar-refractivity contribution is 5.74. The lowest BCUT2D eigenvalue weighted by atomic mass is 9.90. The van der Waals surface area contributed by atoms with Crippen LogP contribution in [0.5, 0.6) is 0 Å². The second kappa shape index (κ2) is 7.34. The van der Waals surface area contributed by atoms with Crippen LogP contribution in [-0.2, 0) is 20.6 Å². The molecular formula is C19H30N6O2. The van der Waals surface area contributed by atoms with Crippen LogP contribution >= 0.6 is 0 Å². The van der Waals surface area contributed by atoms with E-state index in [1.54, 1.807) is 7.05 Å². The highest BCUT2D eigenvalue weighted by atomic mass is 16.2. The Bertz CT molecular complexity index is 992. The number of anilines is 1. The van der Waals surface area contributed by atoms with Gasteiger partial charge in [0.15, 0.2) is 11.2 Å².